The first kappa shape index (κ1) is 14.0. The fourth-order valence-corrected chi connectivity index (χ4v) is 4.88. The first-order chi connectivity index (χ1) is 10.4. The molecule has 0 fully saturated rings. The molecule has 0 radical (unpaired) electrons. The van der Waals surface area contributed by atoms with Crippen LogP contribution in [0.3, 0.4) is 0 Å². The van der Waals surface area contributed by atoms with Crippen molar-refractivity contribution in [2.45, 2.75) is 4.20 Å². The van der Waals surface area contributed by atoms with Crippen LogP contribution in [0.1, 0.15) is 16.7 Å². The van der Waals surface area contributed by atoms with Crippen molar-refractivity contribution in [2.75, 3.05) is 0 Å². The third-order valence-corrected chi connectivity index (χ3v) is 6.70. The predicted molar refractivity (Wildman–Crippen MR) is 88.4 cm³/mol. The second-order valence-corrected chi connectivity index (χ2v) is 7.34. The minimum absolute atomic E-state index is 0.479. The summed E-state index contributed by atoms with van der Waals surface area (Å²) >= 11 is -1.80. The van der Waals surface area contributed by atoms with E-state index >= 15 is 0 Å². The normalized spacial score (nSPS) is 11.8. The zero-order valence-electron chi connectivity index (χ0n) is 11.6. The van der Waals surface area contributed by atoms with Crippen molar-refractivity contribution in [3.63, 3.8) is 0 Å². The van der Waals surface area contributed by atoms with E-state index in [0.717, 1.165) is 16.7 Å². The van der Waals surface area contributed by atoms with Gasteiger partial charge < -0.3 is 0 Å². The number of rotatable bonds is 4. The molecule has 3 rings (SSSR count). The van der Waals surface area contributed by atoms with Crippen LogP contribution in [0.2, 0.25) is 0 Å². The molecule has 0 saturated carbocycles. The van der Waals surface area contributed by atoms with Gasteiger partial charge in [0.1, 0.15) is 0 Å². The zero-order chi connectivity index (χ0) is 14.5. The van der Waals surface area contributed by atoms with Crippen LogP contribution in [0.25, 0.3) is 0 Å². The fourth-order valence-electron chi connectivity index (χ4n) is 2.81. The average molecular weight is 336 g/mol. The Bertz CT molecular complexity index is 612. The van der Waals surface area contributed by atoms with E-state index in [1.807, 2.05) is 54.6 Å². The van der Waals surface area contributed by atoms with Crippen molar-refractivity contribution in [3.8, 4) is 0 Å². The standard InChI is InChI=1S/C19H17AsO/c21-20-19(16-10-4-1-5-11-16,17-12-6-2-7-13-17)18-14-8-3-9-15-18/h1-15H,20H2. The molecule has 0 aromatic heterocycles. The molecule has 1 unspecified atom stereocenters. The summed E-state index contributed by atoms with van der Waals surface area (Å²) in [5.74, 6) is 0. The van der Waals surface area contributed by atoms with Crippen molar-refractivity contribution < 1.29 is 3.74 Å². The van der Waals surface area contributed by atoms with Gasteiger partial charge in [0.15, 0.2) is 0 Å². The molecular formula is C19H17AsO. The molecule has 1 nitrogen and oxygen atoms in total. The Kier molecular flexibility index (Phi) is 4.12. The summed E-state index contributed by atoms with van der Waals surface area (Å²) in [6, 6.07) is 30.6. The van der Waals surface area contributed by atoms with E-state index in [1.165, 1.54) is 0 Å². The van der Waals surface area contributed by atoms with Crippen molar-refractivity contribution in [3.05, 3.63) is 108 Å². The second-order valence-electron chi connectivity index (χ2n) is 5.02. The van der Waals surface area contributed by atoms with Gasteiger partial charge in [-0.25, -0.2) is 0 Å². The molecule has 0 saturated heterocycles. The van der Waals surface area contributed by atoms with Crippen LogP contribution < -0.4 is 0 Å². The van der Waals surface area contributed by atoms with Crippen LogP contribution in [-0.2, 0) is 7.94 Å². The van der Waals surface area contributed by atoms with Crippen molar-refractivity contribution in [2.24, 2.45) is 0 Å². The molecule has 0 aliphatic rings. The van der Waals surface area contributed by atoms with E-state index in [4.69, 9.17) is 0 Å². The van der Waals surface area contributed by atoms with Crippen molar-refractivity contribution in [1.82, 2.24) is 0 Å². The Morgan fingerprint density at radius 2 is 0.810 bits per heavy atom. The SMILES string of the molecule is O=[AsH2]C(c1ccccc1)(c1ccccc1)c1ccccc1. The molecule has 0 amide bonds. The molecule has 21 heavy (non-hydrogen) atoms. The molecule has 3 aromatic rings. The minimum atomic E-state index is -1.80. The van der Waals surface area contributed by atoms with Gasteiger partial charge in [0, 0.05) is 0 Å². The molecule has 3 aromatic carbocycles. The van der Waals surface area contributed by atoms with E-state index in [-0.39, 0.29) is 0 Å². The van der Waals surface area contributed by atoms with E-state index in [1.54, 1.807) is 0 Å². The van der Waals surface area contributed by atoms with E-state index in [0.29, 0.717) is 0 Å². The van der Waals surface area contributed by atoms with Gasteiger partial charge in [-0.2, -0.15) is 0 Å². The first-order valence-corrected chi connectivity index (χ1v) is 9.21. The molecule has 0 aliphatic heterocycles. The van der Waals surface area contributed by atoms with Crippen LogP contribution in [0, 0.1) is 0 Å². The van der Waals surface area contributed by atoms with Crippen LogP contribution >= 0.6 is 0 Å². The third-order valence-electron chi connectivity index (χ3n) is 3.86. The maximum atomic E-state index is 12.5. The van der Waals surface area contributed by atoms with Gasteiger partial charge in [0.05, 0.1) is 0 Å². The number of hydrogen-bond acceptors (Lipinski definition) is 1. The Hall–Kier alpha value is -1.98. The van der Waals surface area contributed by atoms with Gasteiger partial charge in [0.2, 0.25) is 0 Å². The Balaban J connectivity index is 2.31. The summed E-state index contributed by atoms with van der Waals surface area (Å²) in [4.78, 5) is 0. The Labute approximate surface area is 131 Å². The van der Waals surface area contributed by atoms with Crippen LogP contribution in [0.4, 0.5) is 0 Å². The quantitative estimate of drug-likeness (QED) is 0.527. The summed E-state index contributed by atoms with van der Waals surface area (Å²) in [5.41, 5.74) is 3.33. The topological polar surface area (TPSA) is 17.1 Å². The molecule has 0 N–H and O–H groups in total. The van der Waals surface area contributed by atoms with Crippen molar-refractivity contribution >= 4 is 15.7 Å². The van der Waals surface area contributed by atoms with E-state index < -0.39 is 19.9 Å². The van der Waals surface area contributed by atoms with E-state index in [2.05, 4.69) is 36.4 Å². The maximum absolute atomic E-state index is 12.5. The summed E-state index contributed by atoms with van der Waals surface area (Å²) in [6.45, 7) is 0. The summed E-state index contributed by atoms with van der Waals surface area (Å²) < 4.78 is 12.0. The number of hydrogen-bond donors (Lipinski definition) is 0. The van der Waals surface area contributed by atoms with Crippen LogP contribution in [0.5, 0.6) is 0 Å². The molecule has 1 atom stereocenters. The molecule has 0 aliphatic carbocycles. The average Bonchev–Trinajstić information content (AvgIpc) is 2.59. The molecule has 104 valence electrons. The molecule has 0 heterocycles. The third kappa shape index (κ3) is 2.50. The summed E-state index contributed by atoms with van der Waals surface area (Å²) in [5, 5.41) is 0. The Morgan fingerprint density at radius 1 is 0.524 bits per heavy atom. The fraction of sp³-hybridized carbons (Fsp3) is 0.0526. The van der Waals surface area contributed by atoms with Gasteiger partial charge in [-0.3, -0.25) is 0 Å². The van der Waals surface area contributed by atoms with Crippen molar-refractivity contribution in [1.29, 1.82) is 0 Å². The van der Waals surface area contributed by atoms with Gasteiger partial charge >= 0.3 is 131 Å². The van der Waals surface area contributed by atoms with Crippen LogP contribution in [0.15, 0.2) is 91.0 Å². The van der Waals surface area contributed by atoms with Gasteiger partial charge in [-0.05, 0) is 0 Å². The first-order valence-electron chi connectivity index (χ1n) is 7.01. The number of benzene rings is 3. The molecule has 2 heteroatoms. The van der Waals surface area contributed by atoms with E-state index in [9.17, 15) is 3.74 Å². The monoisotopic (exact) mass is 336 g/mol. The van der Waals surface area contributed by atoms with Crippen LogP contribution in [-0.4, -0.2) is 15.7 Å². The molecule has 0 spiro atoms. The zero-order valence-corrected chi connectivity index (χ0v) is 14.1. The predicted octanol–water partition coefficient (Wildman–Crippen LogP) is 3.49. The van der Waals surface area contributed by atoms with Gasteiger partial charge in [0.25, 0.3) is 0 Å². The molecule has 0 bridgehead atoms. The molecular weight excluding hydrogens is 319 g/mol. The van der Waals surface area contributed by atoms with Gasteiger partial charge in [-0.1, -0.05) is 0 Å². The van der Waals surface area contributed by atoms with Gasteiger partial charge in [-0.15, -0.1) is 0 Å². The second kappa shape index (κ2) is 6.20. The summed E-state index contributed by atoms with van der Waals surface area (Å²) in [6.07, 6.45) is 0. The Morgan fingerprint density at radius 3 is 1.05 bits per heavy atom. The summed E-state index contributed by atoms with van der Waals surface area (Å²) in [7, 11) is 0.